The highest BCUT2D eigenvalue weighted by Gasteiger charge is 2.45. The number of aliphatic hydroxyl groups is 1. The molecule has 74 valence electrons. The molecule has 2 aliphatic rings. The van der Waals surface area contributed by atoms with Crippen LogP contribution < -0.4 is 0 Å². The van der Waals surface area contributed by atoms with Crippen LogP contribution in [0.1, 0.15) is 25.7 Å². The number of aliphatic hydroxyl groups excluding tert-OH is 1. The summed E-state index contributed by atoms with van der Waals surface area (Å²) in [6.07, 6.45) is 3.50. The molecule has 2 bridgehead atoms. The predicted octanol–water partition coefficient (Wildman–Crippen LogP) is 0.956. The monoisotopic (exact) mass is 184 g/mol. The molecule has 4 atom stereocenters. The fourth-order valence-corrected chi connectivity index (χ4v) is 2.99. The number of ether oxygens (including phenoxy) is 1. The Labute approximate surface area is 78.1 Å². The maximum Gasteiger partial charge on any atom is 0.305 e. The first kappa shape index (κ1) is 9.00. The third-order valence-electron chi connectivity index (χ3n) is 3.57. The Bertz CT molecular complexity index is 214. The summed E-state index contributed by atoms with van der Waals surface area (Å²) < 4.78 is 4.63. The van der Waals surface area contributed by atoms with Gasteiger partial charge in [-0.05, 0) is 37.0 Å². The summed E-state index contributed by atoms with van der Waals surface area (Å²) in [5.41, 5.74) is 0. The SMILES string of the molecule is COC(=O)C[C@@H]1C[C@H]2C[C@H]1[C@@H](O)C2. The molecule has 2 fully saturated rings. The zero-order valence-corrected chi connectivity index (χ0v) is 7.90. The lowest BCUT2D eigenvalue weighted by Crippen LogP contribution is -2.26. The van der Waals surface area contributed by atoms with Gasteiger partial charge in [-0.15, -0.1) is 0 Å². The van der Waals surface area contributed by atoms with Crippen LogP contribution in [0.4, 0.5) is 0 Å². The molecular weight excluding hydrogens is 168 g/mol. The van der Waals surface area contributed by atoms with Crippen LogP contribution in [0.25, 0.3) is 0 Å². The van der Waals surface area contributed by atoms with Gasteiger partial charge in [0.25, 0.3) is 0 Å². The number of hydrogen-bond donors (Lipinski definition) is 1. The highest BCUT2D eigenvalue weighted by atomic mass is 16.5. The molecule has 0 aliphatic heterocycles. The summed E-state index contributed by atoms with van der Waals surface area (Å²) in [6.45, 7) is 0. The summed E-state index contributed by atoms with van der Waals surface area (Å²) >= 11 is 0. The van der Waals surface area contributed by atoms with Crippen LogP contribution in [0, 0.1) is 17.8 Å². The topological polar surface area (TPSA) is 46.5 Å². The van der Waals surface area contributed by atoms with E-state index in [1.807, 2.05) is 0 Å². The number of methoxy groups -OCH3 is 1. The average molecular weight is 184 g/mol. The van der Waals surface area contributed by atoms with Crippen molar-refractivity contribution in [3.05, 3.63) is 0 Å². The van der Waals surface area contributed by atoms with Crippen molar-refractivity contribution >= 4 is 5.97 Å². The highest BCUT2D eigenvalue weighted by molar-refractivity contribution is 5.69. The van der Waals surface area contributed by atoms with E-state index in [-0.39, 0.29) is 12.1 Å². The third kappa shape index (κ3) is 1.57. The quantitative estimate of drug-likeness (QED) is 0.650. The zero-order chi connectivity index (χ0) is 9.42. The van der Waals surface area contributed by atoms with Crippen molar-refractivity contribution < 1.29 is 14.6 Å². The van der Waals surface area contributed by atoms with E-state index < -0.39 is 0 Å². The molecule has 0 aromatic heterocycles. The van der Waals surface area contributed by atoms with Crippen molar-refractivity contribution in [3.63, 3.8) is 0 Å². The fourth-order valence-electron chi connectivity index (χ4n) is 2.99. The maximum absolute atomic E-state index is 11.0. The number of esters is 1. The number of rotatable bonds is 2. The fraction of sp³-hybridized carbons (Fsp3) is 0.900. The zero-order valence-electron chi connectivity index (χ0n) is 7.90. The molecule has 3 nitrogen and oxygen atoms in total. The van der Waals surface area contributed by atoms with Gasteiger partial charge in [0.1, 0.15) is 0 Å². The summed E-state index contributed by atoms with van der Waals surface area (Å²) in [5.74, 6) is 1.27. The second-order valence-electron chi connectivity index (χ2n) is 4.34. The number of hydrogen-bond acceptors (Lipinski definition) is 3. The van der Waals surface area contributed by atoms with E-state index in [0.717, 1.165) is 19.3 Å². The standard InChI is InChI=1S/C10H16O3/c1-13-10(12)5-7-2-6-3-8(7)9(11)4-6/h6-9,11H,2-5H2,1H3/t6-,7-,8+,9-/m0/s1. The first-order valence-corrected chi connectivity index (χ1v) is 4.95. The number of carbonyl (C=O) groups excluding carboxylic acids is 1. The Morgan fingerprint density at radius 2 is 2.23 bits per heavy atom. The van der Waals surface area contributed by atoms with Crippen LogP contribution in [0.2, 0.25) is 0 Å². The highest BCUT2D eigenvalue weighted by Crippen LogP contribution is 2.49. The van der Waals surface area contributed by atoms with Crippen LogP contribution in [-0.2, 0) is 9.53 Å². The van der Waals surface area contributed by atoms with Gasteiger partial charge in [-0.2, -0.15) is 0 Å². The van der Waals surface area contributed by atoms with Crippen molar-refractivity contribution in [2.24, 2.45) is 17.8 Å². The van der Waals surface area contributed by atoms with Gasteiger partial charge >= 0.3 is 5.97 Å². The van der Waals surface area contributed by atoms with E-state index >= 15 is 0 Å². The van der Waals surface area contributed by atoms with Gasteiger partial charge in [0, 0.05) is 6.42 Å². The van der Waals surface area contributed by atoms with E-state index in [4.69, 9.17) is 0 Å². The van der Waals surface area contributed by atoms with Crippen LogP contribution >= 0.6 is 0 Å². The van der Waals surface area contributed by atoms with Crippen LogP contribution in [0.15, 0.2) is 0 Å². The molecule has 1 N–H and O–H groups in total. The predicted molar refractivity (Wildman–Crippen MR) is 47.0 cm³/mol. The van der Waals surface area contributed by atoms with E-state index in [0.29, 0.717) is 24.2 Å². The summed E-state index contributed by atoms with van der Waals surface area (Å²) in [6, 6.07) is 0. The van der Waals surface area contributed by atoms with E-state index in [1.54, 1.807) is 0 Å². The van der Waals surface area contributed by atoms with Crippen molar-refractivity contribution in [1.29, 1.82) is 0 Å². The molecule has 0 spiro atoms. The molecule has 0 aromatic rings. The average Bonchev–Trinajstić information content (AvgIpc) is 2.62. The molecule has 3 heteroatoms. The minimum absolute atomic E-state index is 0.134. The lowest BCUT2D eigenvalue weighted by Gasteiger charge is -2.24. The van der Waals surface area contributed by atoms with Gasteiger partial charge in [-0.25, -0.2) is 0 Å². The van der Waals surface area contributed by atoms with Gasteiger partial charge in [0.2, 0.25) is 0 Å². The Balaban J connectivity index is 1.92. The molecule has 2 saturated carbocycles. The second-order valence-corrected chi connectivity index (χ2v) is 4.34. The van der Waals surface area contributed by atoms with Gasteiger partial charge in [0.15, 0.2) is 0 Å². The molecule has 0 unspecified atom stereocenters. The smallest absolute Gasteiger partial charge is 0.305 e. The summed E-state index contributed by atoms with van der Waals surface area (Å²) in [7, 11) is 1.42. The lowest BCUT2D eigenvalue weighted by molar-refractivity contribution is -0.142. The minimum Gasteiger partial charge on any atom is -0.469 e. The normalized spacial score (nSPS) is 42.3. The summed E-state index contributed by atoms with van der Waals surface area (Å²) in [4.78, 5) is 11.0. The summed E-state index contributed by atoms with van der Waals surface area (Å²) in [5, 5.41) is 9.62. The number of carbonyl (C=O) groups is 1. The van der Waals surface area contributed by atoms with Crippen molar-refractivity contribution in [2.45, 2.75) is 31.8 Å². The maximum atomic E-state index is 11.0. The van der Waals surface area contributed by atoms with Gasteiger partial charge in [-0.1, -0.05) is 0 Å². The van der Waals surface area contributed by atoms with Gasteiger partial charge < -0.3 is 9.84 Å². The van der Waals surface area contributed by atoms with Gasteiger partial charge in [0.05, 0.1) is 13.2 Å². The third-order valence-corrected chi connectivity index (χ3v) is 3.57. The van der Waals surface area contributed by atoms with Crippen LogP contribution in [-0.4, -0.2) is 24.3 Å². The first-order valence-electron chi connectivity index (χ1n) is 4.95. The second kappa shape index (κ2) is 3.29. The van der Waals surface area contributed by atoms with Crippen LogP contribution in [0.5, 0.6) is 0 Å². The van der Waals surface area contributed by atoms with E-state index in [2.05, 4.69) is 4.74 Å². The van der Waals surface area contributed by atoms with E-state index in [1.165, 1.54) is 7.11 Å². The van der Waals surface area contributed by atoms with Crippen molar-refractivity contribution in [2.75, 3.05) is 7.11 Å². The molecule has 0 radical (unpaired) electrons. The molecule has 0 heterocycles. The molecule has 0 amide bonds. The lowest BCUT2D eigenvalue weighted by atomic mass is 9.84. The largest absolute Gasteiger partial charge is 0.469 e. The molecule has 2 rings (SSSR count). The Kier molecular flexibility index (Phi) is 2.28. The van der Waals surface area contributed by atoms with Crippen LogP contribution in [0.3, 0.4) is 0 Å². The Morgan fingerprint density at radius 1 is 1.46 bits per heavy atom. The Hall–Kier alpha value is -0.570. The molecule has 0 saturated heterocycles. The Morgan fingerprint density at radius 3 is 2.77 bits per heavy atom. The number of fused-ring (bicyclic) bond motifs is 2. The first-order chi connectivity index (χ1) is 6.20. The van der Waals surface area contributed by atoms with Crippen molar-refractivity contribution in [3.8, 4) is 0 Å². The molecule has 0 aromatic carbocycles. The van der Waals surface area contributed by atoms with Crippen molar-refractivity contribution in [1.82, 2.24) is 0 Å². The van der Waals surface area contributed by atoms with E-state index in [9.17, 15) is 9.90 Å². The molecule has 2 aliphatic carbocycles. The van der Waals surface area contributed by atoms with Gasteiger partial charge in [-0.3, -0.25) is 4.79 Å². The minimum atomic E-state index is -0.159. The molecular formula is C10H16O3. The molecule has 13 heavy (non-hydrogen) atoms.